The molecule has 128 valence electrons. The highest BCUT2D eigenvalue weighted by Crippen LogP contribution is 2.40. The number of carbonyl (C=O) groups is 1. The van der Waals surface area contributed by atoms with E-state index in [1.165, 1.54) is 0 Å². The number of rotatable bonds is 4. The van der Waals surface area contributed by atoms with Gasteiger partial charge in [-0.1, -0.05) is 53.1 Å². The first-order chi connectivity index (χ1) is 11.3. The van der Waals surface area contributed by atoms with Crippen LogP contribution in [0.4, 0.5) is 0 Å². The van der Waals surface area contributed by atoms with E-state index < -0.39 is 8.07 Å². The first-order valence-electron chi connectivity index (χ1n) is 8.38. The van der Waals surface area contributed by atoms with Crippen LogP contribution in [0.1, 0.15) is 51.9 Å². The topological polar surface area (TPSA) is 34.9 Å². The summed E-state index contributed by atoms with van der Waals surface area (Å²) in [6.07, 6.45) is 5.83. The summed E-state index contributed by atoms with van der Waals surface area (Å²) >= 11 is 6.31. The first-order valence-corrected chi connectivity index (χ1v) is 11.0. The van der Waals surface area contributed by atoms with Crippen molar-refractivity contribution in [3.05, 3.63) is 29.2 Å². The average Bonchev–Trinajstić information content (AvgIpc) is 2.83. The third-order valence-electron chi connectivity index (χ3n) is 5.07. The summed E-state index contributed by atoms with van der Waals surface area (Å²) in [6, 6.07) is 3.33. The van der Waals surface area contributed by atoms with Gasteiger partial charge in [-0.05, 0) is 16.6 Å². The van der Waals surface area contributed by atoms with Crippen LogP contribution in [0, 0.1) is 11.6 Å². The number of hydrogen-bond donors (Lipinski definition) is 0. The Hall–Kier alpha value is -1.57. The molecule has 2 heterocycles. The Morgan fingerprint density at radius 2 is 1.71 bits per heavy atom. The van der Waals surface area contributed by atoms with Crippen molar-refractivity contribution in [2.45, 2.75) is 58.2 Å². The highest BCUT2D eigenvalue weighted by molar-refractivity contribution is 6.90. The molecule has 2 rings (SSSR count). The zero-order chi connectivity index (χ0) is 18.1. The number of aromatic nitrogens is 2. The number of hydrogen-bond acceptors (Lipinski definition) is 2. The molecule has 0 aromatic carbocycles. The monoisotopic (exact) mass is 360 g/mol. The Morgan fingerprint density at radius 3 is 2.21 bits per heavy atom. The van der Waals surface area contributed by atoms with Crippen LogP contribution in [0.15, 0.2) is 18.6 Å². The van der Waals surface area contributed by atoms with Gasteiger partial charge in [0.1, 0.15) is 8.07 Å². The van der Waals surface area contributed by atoms with Crippen LogP contribution in [0.25, 0.3) is 10.9 Å². The van der Waals surface area contributed by atoms with Crippen LogP contribution >= 0.6 is 11.6 Å². The van der Waals surface area contributed by atoms with Gasteiger partial charge in [-0.3, -0.25) is 14.3 Å². The number of nitrogens with zero attached hydrogens (tertiary/aromatic N) is 2. The fourth-order valence-electron chi connectivity index (χ4n) is 3.93. The Labute approximate surface area is 150 Å². The average molecular weight is 361 g/mol. The second-order valence-electron chi connectivity index (χ2n) is 7.22. The van der Waals surface area contributed by atoms with Gasteiger partial charge in [0.15, 0.2) is 6.29 Å². The minimum absolute atomic E-state index is 0.514. The van der Waals surface area contributed by atoms with Gasteiger partial charge in [0.25, 0.3) is 0 Å². The van der Waals surface area contributed by atoms with Crippen LogP contribution < -0.4 is 0 Å². The van der Waals surface area contributed by atoms with E-state index in [0.717, 1.165) is 17.2 Å². The van der Waals surface area contributed by atoms with E-state index in [0.29, 0.717) is 27.2 Å². The zero-order valence-electron chi connectivity index (χ0n) is 15.2. The first kappa shape index (κ1) is 18.8. The van der Waals surface area contributed by atoms with Crippen molar-refractivity contribution in [3.8, 4) is 11.6 Å². The fourth-order valence-corrected chi connectivity index (χ4v) is 9.34. The number of pyridine rings is 1. The number of carbonyl (C=O) groups excluding carboxylic acids is 1. The zero-order valence-corrected chi connectivity index (χ0v) is 17.0. The number of aldehydes is 1. The molecule has 0 radical (unpaired) electrons. The Bertz CT molecular complexity index is 790. The maximum absolute atomic E-state index is 11.4. The fraction of sp³-hybridized carbons (Fsp3) is 0.474. The van der Waals surface area contributed by atoms with E-state index in [2.05, 4.69) is 58.1 Å². The van der Waals surface area contributed by atoms with E-state index in [1.807, 2.05) is 0 Å². The molecule has 0 amide bonds. The summed E-state index contributed by atoms with van der Waals surface area (Å²) < 4.78 is 1.80. The molecule has 0 atom stereocenters. The lowest BCUT2D eigenvalue weighted by atomic mass is 10.2. The van der Waals surface area contributed by atoms with Crippen molar-refractivity contribution < 1.29 is 4.79 Å². The Morgan fingerprint density at radius 1 is 1.12 bits per heavy atom. The lowest BCUT2D eigenvalue weighted by Crippen LogP contribution is -2.43. The van der Waals surface area contributed by atoms with Crippen molar-refractivity contribution in [2.24, 2.45) is 0 Å². The Balaban J connectivity index is 2.70. The predicted molar refractivity (Wildman–Crippen MR) is 104 cm³/mol. The molecule has 5 heteroatoms. The molecule has 2 aromatic rings. The second-order valence-corrected chi connectivity index (χ2v) is 13.2. The highest BCUT2D eigenvalue weighted by atomic mass is 35.5. The summed E-state index contributed by atoms with van der Waals surface area (Å²) in [5, 5.41) is 1.34. The standard InChI is InChI=1S/C19H25ClN2OSi/c1-13(2)24(14(3)4,15(5)6)8-7-22-11-18(20)17-10-21-9-16(12-23)19(17)22/h9-15H,1-6H3. The van der Waals surface area contributed by atoms with E-state index in [-0.39, 0.29) is 0 Å². The molecule has 2 aromatic heterocycles. The van der Waals surface area contributed by atoms with Crippen molar-refractivity contribution in [3.63, 3.8) is 0 Å². The predicted octanol–water partition coefficient (Wildman–Crippen LogP) is 5.53. The summed E-state index contributed by atoms with van der Waals surface area (Å²) in [7, 11) is -1.85. The molecule has 24 heavy (non-hydrogen) atoms. The summed E-state index contributed by atoms with van der Waals surface area (Å²) in [5.41, 5.74) is 6.57. The van der Waals surface area contributed by atoms with E-state index in [4.69, 9.17) is 11.6 Å². The van der Waals surface area contributed by atoms with Gasteiger partial charge in [0.05, 0.1) is 16.1 Å². The van der Waals surface area contributed by atoms with Gasteiger partial charge >= 0.3 is 0 Å². The summed E-state index contributed by atoms with van der Waals surface area (Å²) in [4.78, 5) is 15.5. The number of halogens is 1. The van der Waals surface area contributed by atoms with Gasteiger partial charge in [-0.15, -0.1) is 5.54 Å². The van der Waals surface area contributed by atoms with Crippen LogP contribution in [-0.2, 0) is 0 Å². The molecule has 0 saturated carbocycles. The van der Waals surface area contributed by atoms with Crippen molar-refractivity contribution >= 4 is 36.9 Å². The van der Waals surface area contributed by atoms with Crippen LogP contribution in [-0.4, -0.2) is 23.9 Å². The molecule has 0 bridgehead atoms. The smallest absolute Gasteiger partial charge is 0.153 e. The van der Waals surface area contributed by atoms with E-state index in [1.54, 1.807) is 23.2 Å². The normalized spacial score (nSPS) is 12.1. The molecule has 0 spiro atoms. The number of fused-ring (bicyclic) bond motifs is 1. The summed E-state index contributed by atoms with van der Waals surface area (Å²) in [5.74, 6) is 0. The SMILES string of the molecule is CC(C)[Si](C#Cn1cc(Cl)c2cncc(C=O)c21)(C(C)C)C(C)C. The summed E-state index contributed by atoms with van der Waals surface area (Å²) in [6.45, 7) is 13.7. The van der Waals surface area contributed by atoms with Crippen LogP contribution in [0.3, 0.4) is 0 Å². The molecular formula is C19H25ClN2OSi. The lowest BCUT2D eigenvalue weighted by molar-refractivity contribution is 0.112. The van der Waals surface area contributed by atoms with Crippen molar-refractivity contribution in [2.75, 3.05) is 0 Å². The molecule has 0 fully saturated rings. The molecular weight excluding hydrogens is 336 g/mol. The molecule has 0 saturated heterocycles. The van der Waals surface area contributed by atoms with Crippen LogP contribution in [0.5, 0.6) is 0 Å². The molecule has 0 aliphatic heterocycles. The third kappa shape index (κ3) is 3.03. The molecule has 0 aliphatic carbocycles. The molecule has 3 nitrogen and oxygen atoms in total. The second kappa shape index (κ2) is 7.12. The minimum Gasteiger partial charge on any atom is -0.298 e. The van der Waals surface area contributed by atoms with Gasteiger partial charge in [0, 0.05) is 30.0 Å². The van der Waals surface area contributed by atoms with E-state index in [9.17, 15) is 4.79 Å². The largest absolute Gasteiger partial charge is 0.298 e. The lowest BCUT2D eigenvalue weighted by Gasteiger charge is -2.37. The van der Waals surface area contributed by atoms with Crippen molar-refractivity contribution in [1.82, 2.24) is 9.55 Å². The van der Waals surface area contributed by atoms with Gasteiger partial charge in [-0.25, -0.2) is 0 Å². The van der Waals surface area contributed by atoms with Crippen LogP contribution in [0.2, 0.25) is 21.6 Å². The van der Waals surface area contributed by atoms with Gasteiger partial charge in [0.2, 0.25) is 0 Å². The molecule has 0 N–H and O–H groups in total. The highest BCUT2D eigenvalue weighted by Gasteiger charge is 2.41. The quantitative estimate of drug-likeness (QED) is 0.408. The maximum Gasteiger partial charge on any atom is 0.153 e. The van der Waals surface area contributed by atoms with Gasteiger partial charge < -0.3 is 0 Å². The van der Waals surface area contributed by atoms with E-state index >= 15 is 0 Å². The molecule has 0 aliphatic rings. The molecule has 0 unspecified atom stereocenters. The van der Waals surface area contributed by atoms with Crippen molar-refractivity contribution in [1.29, 1.82) is 0 Å². The minimum atomic E-state index is -1.85. The van der Waals surface area contributed by atoms with Gasteiger partial charge in [-0.2, -0.15) is 0 Å². The Kier molecular flexibility index (Phi) is 5.57. The third-order valence-corrected chi connectivity index (χ3v) is 11.7. The maximum atomic E-state index is 11.4.